The number of halogens is 1. The van der Waals surface area contributed by atoms with Gasteiger partial charge in [-0.2, -0.15) is 11.8 Å². The minimum absolute atomic E-state index is 0.107. The second-order valence-electron chi connectivity index (χ2n) is 4.67. The van der Waals surface area contributed by atoms with E-state index in [-0.39, 0.29) is 5.82 Å². The number of nitrogens with one attached hydrogen (secondary N) is 1. The maximum absolute atomic E-state index is 13.3. The van der Waals surface area contributed by atoms with Gasteiger partial charge in [0.1, 0.15) is 5.82 Å². The fourth-order valence-electron chi connectivity index (χ4n) is 2.45. The number of aryl methyl sites for hydroxylation is 1. The molecule has 1 aromatic carbocycles. The molecule has 1 fully saturated rings. The first-order valence-corrected chi connectivity index (χ1v) is 7.45. The van der Waals surface area contributed by atoms with Crippen molar-refractivity contribution in [2.24, 2.45) is 5.92 Å². The predicted molar refractivity (Wildman–Crippen MR) is 73.0 cm³/mol. The highest BCUT2D eigenvalue weighted by Crippen LogP contribution is 2.34. The lowest BCUT2D eigenvalue weighted by Crippen LogP contribution is -2.28. The van der Waals surface area contributed by atoms with E-state index in [0.717, 1.165) is 12.1 Å². The monoisotopic (exact) mass is 253 g/mol. The molecule has 1 N–H and O–H groups in total. The Balaban J connectivity index is 2.21. The van der Waals surface area contributed by atoms with Gasteiger partial charge in [-0.3, -0.25) is 0 Å². The van der Waals surface area contributed by atoms with Crippen LogP contribution in [-0.2, 0) is 0 Å². The van der Waals surface area contributed by atoms with Crippen LogP contribution >= 0.6 is 11.8 Å². The lowest BCUT2D eigenvalue weighted by atomic mass is 9.91. The Labute approximate surface area is 107 Å². The maximum Gasteiger partial charge on any atom is 0.126 e. The summed E-state index contributed by atoms with van der Waals surface area (Å²) in [4.78, 5) is 0. The van der Waals surface area contributed by atoms with Gasteiger partial charge >= 0.3 is 0 Å². The fourth-order valence-corrected chi connectivity index (χ4v) is 3.75. The van der Waals surface area contributed by atoms with Gasteiger partial charge in [0.05, 0.1) is 0 Å². The number of hydrogen-bond acceptors (Lipinski definition) is 2. The van der Waals surface area contributed by atoms with Gasteiger partial charge in [-0.25, -0.2) is 4.39 Å². The van der Waals surface area contributed by atoms with E-state index in [0.29, 0.717) is 12.0 Å². The maximum atomic E-state index is 13.3. The van der Waals surface area contributed by atoms with Gasteiger partial charge in [-0.1, -0.05) is 19.1 Å². The summed E-state index contributed by atoms with van der Waals surface area (Å²) in [6.45, 7) is 4.93. The molecule has 94 valence electrons. The van der Waals surface area contributed by atoms with Crippen LogP contribution in [0.15, 0.2) is 18.2 Å². The van der Waals surface area contributed by atoms with E-state index in [1.807, 2.05) is 30.8 Å². The minimum atomic E-state index is -0.107. The van der Waals surface area contributed by atoms with Crippen molar-refractivity contribution in [1.29, 1.82) is 0 Å². The van der Waals surface area contributed by atoms with Gasteiger partial charge in [0.2, 0.25) is 0 Å². The van der Waals surface area contributed by atoms with E-state index in [1.165, 1.54) is 23.5 Å². The molecular weight excluding hydrogens is 233 g/mol. The Bertz CT molecular complexity index is 374. The highest BCUT2D eigenvalue weighted by atomic mass is 32.2. The van der Waals surface area contributed by atoms with Crippen LogP contribution in [0.2, 0.25) is 0 Å². The van der Waals surface area contributed by atoms with Crippen molar-refractivity contribution in [1.82, 2.24) is 5.32 Å². The zero-order valence-electron chi connectivity index (χ0n) is 10.5. The molecule has 1 aliphatic rings. The Kier molecular flexibility index (Phi) is 4.46. The second-order valence-corrected chi connectivity index (χ2v) is 5.82. The average molecular weight is 253 g/mol. The molecule has 0 aliphatic carbocycles. The molecule has 0 amide bonds. The average Bonchev–Trinajstić information content (AvgIpc) is 2.83. The fraction of sp³-hybridized carbons (Fsp3) is 0.571. The first-order valence-electron chi connectivity index (χ1n) is 6.29. The van der Waals surface area contributed by atoms with E-state index in [2.05, 4.69) is 12.2 Å². The molecular formula is C14H20FNS. The SMILES string of the molecule is CCNC(c1ccc(F)c(C)c1)C1CCSC1. The van der Waals surface area contributed by atoms with Crippen molar-refractivity contribution in [3.63, 3.8) is 0 Å². The molecule has 0 bridgehead atoms. The quantitative estimate of drug-likeness (QED) is 0.881. The summed E-state index contributed by atoms with van der Waals surface area (Å²) in [6.07, 6.45) is 1.26. The molecule has 1 heterocycles. The van der Waals surface area contributed by atoms with Crippen molar-refractivity contribution in [2.75, 3.05) is 18.1 Å². The van der Waals surface area contributed by atoms with Crippen molar-refractivity contribution >= 4 is 11.8 Å². The minimum Gasteiger partial charge on any atom is -0.310 e. The van der Waals surface area contributed by atoms with Gasteiger partial charge < -0.3 is 5.32 Å². The highest BCUT2D eigenvalue weighted by molar-refractivity contribution is 7.99. The molecule has 1 aromatic rings. The van der Waals surface area contributed by atoms with Gasteiger partial charge in [0, 0.05) is 6.04 Å². The van der Waals surface area contributed by atoms with Crippen molar-refractivity contribution in [2.45, 2.75) is 26.3 Å². The smallest absolute Gasteiger partial charge is 0.126 e. The summed E-state index contributed by atoms with van der Waals surface area (Å²) >= 11 is 2.02. The van der Waals surface area contributed by atoms with E-state index in [9.17, 15) is 4.39 Å². The first kappa shape index (κ1) is 12.9. The standard InChI is InChI=1S/C14H20FNS/c1-3-16-14(12-6-7-17-9-12)11-4-5-13(15)10(2)8-11/h4-5,8,12,14,16H,3,6-7,9H2,1-2H3. The summed E-state index contributed by atoms with van der Waals surface area (Å²) in [5.41, 5.74) is 1.98. The van der Waals surface area contributed by atoms with Gasteiger partial charge in [0.25, 0.3) is 0 Å². The molecule has 2 rings (SSSR count). The van der Waals surface area contributed by atoms with Crippen LogP contribution < -0.4 is 5.32 Å². The molecule has 0 saturated carbocycles. The molecule has 2 unspecified atom stereocenters. The largest absolute Gasteiger partial charge is 0.310 e. The third-order valence-electron chi connectivity index (χ3n) is 3.40. The van der Waals surface area contributed by atoms with Crippen LogP contribution in [0.4, 0.5) is 4.39 Å². The molecule has 2 atom stereocenters. The van der Waals surface area contributed by atoms with Crippen molar-refractivity contribution in [3.8, 4) is 0 Å². The van der Waals surface area contributed by atoms with Gasteiger partial charge in [-0.05, 0) is 54.5 Å². The van der Waals surface area contributed by atoms with Gasteiger partial charge in [0.15, 0.2) is 0 Å². The van der Waals surface area contributed by atoms with Crippen molar-refractivity contribution < 1.29 is 4.39 Å². The van der Waals surface area contributed by atoms with Gasteiger partial charge in [-0.15, -0.1) is 0 Å². The Hall–Kier alpha value is -0.540. The third-order valence-corrected chi connectivity index (χ3v) is 4.59. The van der Waals surface area contributed by atoms with Crippen molar-refractivity contribution in [3.05, 3.63) is 35.1 Å². The van der Waals surface area contributed by atoms with Crippen LogP contribution in [0.25, 0.3) is 0 Å². The number of hydrogen-bond donors (Lipinski definition) is 1. The molecule has 3 heteroatoms. The van der Waals surface area contributed by atoms with Crippen LogP contribution in [-0.4, -0.2) is 18.1 Å². The Morgan fingerprint density at radius 1 is 1.53 bits per heavy atom. The summed E-state index contributed by atoms with van der Waals surface area (Å²) in [5, 5.41) is 3.55. The van der Waals surface area contributed by atoms with Crippen LogP contribution in [0.3, 0.4) is 0 Å². The lowest BCUT2D eigenvalue weighted by molar-refractivity contribution is 0.400. The van der Waals surface area contributed by atoms with Crippen LogP contribution in [0.5, 0.6) is 0 Å². The normalized spacial score (nSPS) is 21.7. The molecule has 0 spiro atoms. The summed E-state index contributed by atoms with van der Waals surface area (Å²) < 4.78 is 13.3. The zero-order valence-corrected chi connectivity index (χ0v) is 11.3. The van der Waals surface area contributed by atoms with Crippen LogP contribution in [0, 0.1) is 18.7 Å². The lowest BCUT2D eigenvalue weighted by Gasteiger charge is -2.24. The summed E-state index contributed by atoms with van der Waals surface area (Å²) in [5.74, 6) is 3.05. The number of benzene rings is 1. The molecule has 0 radical (unpaired) electrons. The predicted octanol–water partition coefficient (Wildman–Crippen LogP) is 3.54. The number of rotatable bonds is 4. The van der Waals surface area contributed by atoms with E-state index >= 15 is 0 Å². The molecule has 0 aromatic heterocycles. The molecule has 1 aliphatic heterocycles. The number of thioether (sulfide) groups is 1. The first-order chi connectivity index (χ1) is 8.22. The zero-order chi connectivity index (χ0) is 12.3. The topological polar surface area (TPSA) is 12.0 Å². The third kappa shape index (κ3) is 3.02. The summed E-state index contributed by atoms with van der Waals surface area (Å²) in [6, 6.07) is 5.90. The van der Waals surface area contributed by atoms with E-state index < -0.39 is 0 Å². The summed E-state index contributed by atoms with van der Waals surface area (Å²) in [7, 11) is 0. The Morgan fingerprint density at radius 3 is 2.94 bits per heavy atom. The second kappa shape index (κ2) is 5.87. The van der Waals surface area contributed by atoms with E-state index in [1.54, 1.807) is 6.07 Å². The molecule has 1 saturated heterocycles. The van der Waals surface area contributed by atoms with Crippen LogP contribution in [0.1, 0.15) is 30.5 Å². The highest BCUT2D eigenvalue weighted by Gasteiger charge is 2.26. The molecule has 1 nitrogen and oxygen atoms in total. The van der Waals surface area contributed by atoms with E-state index in [4.69, 9.17) is 0 Å². The Morgan fingerprint density at radius 2 is 2.35 bits per heavy atom. The molecule has 17 heavy (non-hydrogen) atoms.